The number of hydrogen-bond donors (Lipinski definition) is 0. The Hall–Kier alpha value is -3.67. The van der Waals surface area contributed by atoms with Crippen LogP contribution in [0.4, 0.5) is 0 Å². The fraction of sp³-hybridized carbons (Fsp3) is 0.635. The zero-order chi connectivity index (χ0) is 42.3. The van der Waals surface area contributed by atoms with E-state index in [0.717, 1.165) is 77.0 Å². The summed E-state index contributed by atoms with van der Waals surface area (Å²) in [5.74, 6) is -1.04. The average Bonchev–Trinajstić information content (AvgIpc) is 3.22. The van der Waals surface area contributed by atoms with E-state index in [1.807, 2.05) is 54.7 Å². The monoisotopic (exact) mass is 805 g/mol. The van der Waals surface area contributed by atoms with Crippen LogP contribution in [0.5, 0.6) is 0 Å². The Labute approximate surface area is 356 Å². The molecule has 6 nitrogen and oxygen atoms in total. The van der Waals surface area contributed by atoms with Gasteiger partial charge in [-0.2, -0.15) is 0 Å². The average molecular weight is 805 g/mol. The molecule has 1 atom stereocenters. The molecule has 0 saturated carbocycles. The van der Waals surface area contributed by atoms with Gasteiger partial charge in [-0.05, 0) is 77.0 Å². The molecule has 0 aromatic carbocycles. The fourth-order valence-corrected chi connectivity index (χ4v) is 5.91. The summed E-state index contributed by atoms with van der Waals surface area (Å²) in [4.78, 5) is 37.7. The second-order valence-corrected chi connectivity index (χ2v) is 15.1. The third-order valence-electron chi connectivity index (χ3n) is 9.45. The summed E-state index contributed by atoms with van der Waals surface area (Å²) in [6.07, 6.45) is 59.7. The topological polar surface area (TPSA) is 78.9 Å². The minimum atomic E-state index is -0.827. The second-order valence-electron chi connectivity index (χ2n) is 15.1. The van der Waals surface area contributed by atoms with E-state index in [1.165, 1.54) is 70.6 Å². The fourth-order valence-electron chi connectivity index (χ4n) is 5.91. The highest BCUT2D eigenvalue weighted by molar-refractivity contribution is 5.71. The lowest BCUT2D eigenvalue weighted by molar-refractivity contribution is -0.167. The van der Waals surface area contributed by atoms with Gasteiger partial charge >= 0.3 is 17.9 Å². The van der Waals surface area contributed by atoms with Gasteiger partial charge in [0, 0.05) is 19.3 Å². The van der Waals surface area contributed by atoms with Crippen LogP contribution in [0, 0.1) is 0 Å². The van der Waals surface area contributed by atoms with Gasteiger partial charge in [-0.1, -0.05) is 195 Å². The maximum Gasteiger partial charge on any atom is 0.306 e. The van der Waals surface area contributed by atoms with Crippen molar-refractivity contribution in [3.8, 4) is 0 Å². The van der Waals surface area contributed by atoms with Gasteiger partial charge in [0.1, 0.15) is 13.2 Å². The van der Waals surface area contributed by atoms with E-state index in [4.69, 9.17) is 14.2 Å². The highest BCUT2D eigenvalue weighted by Crippen LogP contribution is 2.12. The minimum absolute atomic E-state index is 0.121. The normalized spacial score (nSPS) is 12.9. The lowest BCUT2D eigenvalue weighted by Gasteiger charge is -2.18. The number of esters is 3. The summed E-state index contributed by atoms with van der Waals surface area (Å²) >= 11 is 0. The van der Waals surface area contributed by atoms with Gasteiger partial charge in [-0.25, -0.2) is 0 Å². The second kappa shape index (κ2) is 46.0. The van der Waals surface area contributed by atoms with E-state index < -0.39 is 12.1 Å². The van der Waals surface area contributed by atoms with E-state index in [-0.39, 0.29) is 31.6 Å². The number of carbonyl (C=O) groups is 3. The molecular formula is C52H84O6. The number of hydrogen-bond acceptors (Lipinski definition) is 6. The van der Waals surface area contributed by atoms with Gasteiger partial charge in [-0.15, -0.1) is 0 Å². The molecule has 0 fully saturated rings. The van der Waals surface area contributed by atoms with Crippen molar-refractivity contribution in [1.29, 1.82) is 0 Å². The number of allylic oxidation sites excluding steroid dienone is 16. The zero-order valence-corrected chi connectivity index (χ0v) is 37.3. The Morgan fingerprint density at radius 3 is 1.24 bits per heavy atom. The van der Waals surface area contributed by atoms with Gasteiger partial charge in [0.2, 0.25) is 0 Å². The summed E-state index contributed by atoms with van der Waals surface area (Å²) in [5, 5.41) is 0. The largest absolute Gasteiger partial charge is 0.462 e. The first kappa shape index (κ1) is 54.3. The molecular weight excluding hydrogens is 721 g/mol. The highest BCUT2D eigenvalue weighted by Gasteiger charge is 2.19. The third kappa shape index (κ3) is 43.5. The van der Waals surface area contributed by atoms with E-state index in [9.17, 15) is 14.4 Å². The molecule has 0 radical (unpaired) electrons. The van der Waals surface area contributed by atoms with E-state index in [1.54, 1.807) is 0 Å². The third-order valence-corrected chi connectivity index (χ3v) is 9.45. The number of unbranched alkanes of at least 4 members (excludes halogenated alkanes) is 18. The van der Waals surface area contributed by atoms with Crippen LogP contribution in [0.3, 0.4) is 0 Å². The van der Waals surface area contributed by atoms with Crippen molar-refractivity contribution >= 4 is 17.9 Å². The van der Waals surface area contributed by atoms with Crippen LogP contribution >= 0.6 is 0 Å². The van der Waals surface area contributed by atoms with Crippen LogP contribution in [0.15, 0.2) is 97.2 Å². The van der Waals surface area contributed by atoms with Crippen LogP contribution < -0.4 is 0 Å². The Kier molecular flexibility index (Phi) is 43.1. The molecule has 1 unspecified atom stereocenters. The lowest BCUT2D eigenvalue weighted by atomic mass is 10.1. The first-order chi connectivity index (χ1) is 28.5. The molecule has 328 valence electrons. The SMILES string of the molecule is CC\C=C/C=C\C=C/C=C\C=C/CCCC(=O)OC(COC(=O)CCCCC/C=C\C=C/CCCCCCCCC)COC(=O)CCCCCCC/C=C\CCCC. The molecule has 0 aromatic heterocycles. The standard InChI is InChI=1S/C52H84O6/c1-4-7-10-13-16-19-22-24-25-26-28-30-33-36-39-42-45-51(54)57-48-49(47-56-50(53)44-41-38-35-32-29-21-18-15-12-9-6-3)58-52(55)46-43-40-37-34-31-27-23-20-17-14-11-8-5-2/h8,11,14-15,17-18,20,23,25-28,30-31,34,37,49H,4-7,9-10,12-13,16,19,21-22,24,29,32-33,35-36,38-48H2,1-3H3/b11-8-,17-14-,18-15-,23-20-,26-25-,30-28-,31-27-,37-34-. The predicted molar refractivity (Wildman–Crippen MR) is 247 cm³/mol. The summed E-state index contributed by atoms with van der Waals surface area (Å²) < 4.78 is 16.6. The van der Waals surface area contributed by atoms with Crippen LogP contribution in [-0.4, -0.2) is 37.2 Å². The van der Waals surface area contributed by atoms with E-state index in [0.29, 0.717) is 19.3 Å². The maximum absolute atomic E-state index is 12.7. The zero-order valence-electron chi connectivity index (χ0n) is 37.3. The Bertz CT molecular complexity index is 1200. The minimum Gasteiger partial charge on any atom is -0.462 e. The van der Waals surface area contributed by atoms with Gasteiger partial charge in [0.15, 0.2) is 6.10 Å². The molecule has 6 heteroatoms. The molecule has 0 saturated heterocycles. The van der Waals surface area contributed by atoms with Crippen molar-refractivity contribution in [2.45, 2.75) is 200 Å². The molecule has 0 aliphatic carbocycles. The van der Waals surface area contributed by atoms with E-state index >= 15 is 0 Å². The van der Waals surface area contributed by atoms with Crippen LogP contribution in [0.25, 0.3) is 0 Å². The number of ether oxygens (including phenoxy) is 3. The van der Waals surface area contributed by atoms with Gasteiger partial charge < -0.3 is 14.2 Å². The van der Waals surface area contributed by atoms with Crippen molar-refractivity contribution in [3.05, 3.63) is 97.2 Å². The predicted octanol–water partition coefficient (Wildman–Crippen LogP) is 15.0. The molecule has 0 spiro atoms. The Balaban J connectivity index is 4.55. The van der Waals surface area contributed by atoms with Crippen molar-refractivity contribution in [3.63, 3.8) is 0 Å². The quantitative estimate of drug-likeness (QED) is 0.0202. The molecule has 58 heavy (non-hydrogen) atoms. The summed E-state index contributed by atoms with van der Waals surface area (Å²) in [6.45, 7) is 6.33. The lowest BCUT2D eigenvalue weighted by Crippen LogP contribution is -2.30. The van der Waals surface area contributed by atoms with Crippen molar-refractivity contribution in [1.82, 2.24) is 0 Å². The highest BCUT2D eigenvalue weighted by atomic mass is 16.6. The summed E-state index contributed by atoms with van der Waals surface area (Å²) in [5.41, 5.74) is 0. The molecule has 0 aliphatic rings. The maximum atomic E-state index is 12.7. The molecule has 0 rings (SSSR count). The molecule has 0 aliphatic heterocycles. The van der Waals surface area contributed by atoms with Crippen molar-refractivity contribution in [2.75, 3.05) is 13.2 Å². The summed E-state index contributed by atoms with van der Waals surface area (Å²) in [6, 6.07) is 0. The summed E-state index contributed by atoms with van der Waals surface area (Å²) in [7, 11) is 0. The van der Waals surface area contributed by atoms with Gasteiger partial charge in [-0.3, -0.25) is 14.4 Å². The molecule has 0 N–H and O–H groups in total. The first-order valence-electron chi connectivity index (χ1n) is 23.3. The van der Waals surface area contributed by atoms with Gasteiger partial charge in [0.25, 0.3) is 0 Å². The Morgan fingerprint density at radius 2 is 0.724 bits per heavy atom. The van der Waals surface area contributed by atoms with Crippen molar-refractivity contribution in [2.24, 2.45) is 0 Å². The Morgan fingerprint density at radius 1 is 0.362 bits per heavy atom. The van der Waals surface area contributed by atoms with E-state index in [2.05, 4.69) is 63.3 Å². The van der Waals surface area contributed by atoms with Crippen LogP contribution in [0.1, 0.15) is 194 Å². The molecule has 0 heterocycles. The smallest absolute Gasteiger partial charge is 0.306 e. The van der Waals surface area contributed by atoms with Gasteiger partial charge in [0.05, 0.1) is 0 Å². The van der Waals surface area contributed by atoms with Crippen LogP contribution in [-0.2, 0) is 28.6 Å². The molecule has 0 bridgehead atoms. The molecule has 0 amide bonds. The van der Waals surface area contributed by atoms with Crippen molar-refractivity contribution < 1.29 is 28.6 Å². The number of rotatable bonds is 40. The first-order valence-corrected chi connectivity index (χ1v) is 23.3. The number of carbonyl (C=O) groups excluding carboxylic acids is 3. The van der Waals surface area contributed by atoms with Crippen LogP contribution in [0.2, 0.25) is 0 Å². The molecule has 0 aromatic rings.